The first-order valence-corrected chi connectivity index (χ1v) is 8.26. The number of hydrogen-bond acceptors (Lipinski definition) is 5. The third-order valence-electron chi connectivity index (χ3n) is 2.96. The third-order valence-corrected chi connectivity index (χ3v) is 3.70. The Kier molecular flexibility index (Phi) is 7.43. The van der Waals surface area contributed by atoms with E-state index in [1.807, 2.05) is 0 Å². The van der Waals surface area contributed by atoms with Crippen LogP contribution >= 0.6 is 11.3 Å². The largest absolute Gasteiger partial charge is 0.462 e. The zero-order valence-corrected chi connectivity index (χ0v) is 14.0. The van der Waals surface area contributed by atoms with E-state index in [1.165, 1.54) is 11.3 Å². The maximum absolute atomic E-state index is 12.0. The van der Waals surface area contributed by atoms with Gasteiger partial charge in [0.25, 0.3) is 0 Å². The van der Waals surface area contributed by atoms with Crippen LogP contribution in [0.4, 0.5) is 0 Å². The topological polar surface area (TPSA) is 52.6 Å². The van der Waals surface area contributed by atoms with Gasteiger partial charge in [0.15, 0.2) is 0 Å². The minimum Gasteiger partial charge on any atom is -0.462 e. The van der Waals surface area contributed by atoms with E-state index in [0.29, 0.717) is 36.2 Å². The van der Waals surface area contributed by atoms with Crippen LogP contribution in [0.5, 0.6) is 0 Å². The SMILES string of the molecule is CC(C)CCOC(=O)c1cscc1C(=O)OCCC(C)C. The van der Waals surface area contributed by atoms with Gasteiger partial charge in [-0.1, -0.05) is 27.7 Å². The van der Waals surface area contributed by atoms with Gasteiger partial charge in [-0.2, -0.15) is 11.3 Å². The summed E-state index contributed by atoms with van der Waals surface area (Å²) in [5.41, 5.74) is 0.608. The standard InChI is InChI=1S/C16H24O4S/c1-11(2)5-7-19-15(17)13-9-21-10-14(13)16(18)20-8-6-12(3)4/h9-12H,5-8H2,1-4H3. The van der Waals surface area contributed by atoms with Gasteiger partial charge in [0, 0.05) is 10.8 Å². The molecule has 1 aromatic heterocycles. The van der Waals surface area contributed by atoms with E-state index in [0.717, 1.165) is 12.8 Å². The van der Waals surface area contributed by atoms with Crippen molar-refractivity contribution in [2.75, 3.05) is 13.2 Å². The lowest BCUT2D eigenvalue weighted by Gasteiger charge is -2.08. The highest BCUT2D eigenvalue weighted by molar-refractivity contribution is 7.08. The van der Waals surface area contributed by atoms with Gasteiger partial charge in [0.1, 0.15) is 0 Å². The predicted octanol–water partition coefficient (Wildman–Crippen LogP) is 4.15. The Morgan fingerprint density at radius 1 is 0.905 bits per heavy atom. The molecule has 0 radical (unpaired) electrons. The quantitative estimate of drug-likeness (QED) is 0.677. The first kappa shape index (κ1) is 17.7. The second-order valence-corrected chi connectivity index (χ2v) is 6.58. The lowest BCUT2D eigenvalue weighted by Crippen LogP contribution is -2.14. The molecule has 1 heterocycles. The van der Waals surface area contributed by atoms with Crippen molar-refractivity contribution in [3.05, 3.63) is 21.9 Å². The van der Waals surface area contributed by atoms with E-state index in [2.05, 4.69) is 27.7 Å². The van der Waals surface area contributed by atoms with Crippen LogP contribution in [-0.4, -0.2) is 25.2 Å². The van der Waals surface area contributed by atoms with Crippen LogP contribution in [0.1, 0.15) is 61.3 Å². The van der Waals surface area contributed by atoms with Gasteiger partial charge in [-0.25, -0.2) is 9.59 Å². The van der Waals surface area contributed by atoms with Crippen LogP contribution in [0.2, 0.25) is 0 Å². The molecular weight excluding hydrogens is 288 g/mol. The molecule has 0 N–H and O–H groups in total. The molecule has 0 saturated carbocycles. The maximum atomic E-state index is 12.0. The lowest BCUT2D eigenvalue weighted by molar-refractivity contribution is 0.0442. The number of esters is 2. The lowest BCUT2D eigenvalue weighted by atomic mass is 10.1. The second-order valence-electron chi connectivity index (χ2n) is 5.84. The fourth-order valence-corrected chi connectivity index (χ4v) is 2.33. The van der Waals surface area contributed by atoms with Gasteiger partial charge in [0.05, 0.1) is 24.3 Å². The van der Waals surface area contributed by atoms with Gasteiger partial charge < -0.3 is 9.47 Å². The van der Waals surface area contributed by atoms with Crippen molar-refractivity contribution in [3.8, 4) is 0 Å². The number of carbonyl (C=O) groups excluding carboxylic acids is 2. The first-order valence-electron chi connectivity index (χ1n) is 7.32. The third kappa shape index (κ3) is 6.29. The van der Waals surface area contributed by atoms with Gasteiger partial charge in [-0.3, -0.25) is 0 Å². The molecule has 1 rings (SSSR count). The molecule has 0 atom stereocenters. The Bertz CT molecular complexity index is 422. The zero-order chi connectivity index (χ0) is 15.8. The highest BCUT2D eigenvalue weighted by Gasteiger charge is 2.20. The molecule has 0 unspecified atom stereocenters. The minimum atomic E-state index is -0.451. The Balaban J connectivity index is 2.55. The van der Waals surface area contributed by atoms with Crippen LogP contribution in [0, 0.1) is 11.8 Å². The van der Waals surface area contributed by atoms with Gasteiger partial charge in [-0.15, -0.1) is 0 Å². The molecule has 0 spiro atoms. The maximum Gasteiger partial charge on any atom is 0.339 e. The van der Waals surface area contributed by atoms with Crippen LogP contribution in [0.3, 0.4) is 0 Å². The Morgan fingerprint density at radius 2 is 1.29 bits per heavy atom. The average Bonchev–Trinajstić information content (AvgIpc) is 2.86. The summed E-state index contributed by atoms with van der Waals surface area (Å²) in [6, 6.07) is 0. The summed E-state index contributed by atoms with van der Waals surface area (Å²) in [7, 11) is 0. The number of hydrogen-bond donors (Lipinski definition) is 0. The molecule has 21 heavy (non-hydrogen) atoms. The van der Waals surface area contributed by atoms with Crippen molar-refractivity contribution in [1.82, 2.24) is 0 Å². The molecule has 0 fully saturated rings. The molecule has 0 aromatic carbocycles. The number of thiophene rings is 1. The summed E-state index contributed by atoms with van der Waals surface area (Å²) in [4.78, 5) is 23.9. The molecule has 1 aromatic rings. The van der Waals surface area contributed by atoms with Crippen molar-refractivity contribution >= 4 is 23.3 Å². The van der Waals surface area contributed by atoms with Crippen LogP contribution in [0.25, 0.3) is 0 Å². The molecule has 5 heteroatoms. The highest BCUT2D eigenvalue weighted by atomic mass is 32.1. The number of carbonyl (C=O) groups is 2. The summed E-state index contributed by atoms with van der Waals surface area (Å²) in [5, 5.41) is 3.27. The molecule has 0 amide bonds. The smallest absolute Gasteiger partial charge is 0.339 e. The van der Waals surface area contributed by atoms with E-state index < -0.39 is 11.9 Å². The monoisotopic (exact) mass is 312 g/mol. The average molecular weight is 312 g/mol. The summed E-state index contributed by atoms with van der Waals surface area (Å²) in [6.45, 7) is 9.00. The molecule has 0 saturated heterocycles. The number of rotatable bonds is 8. The molecule has 0 aliphatic heterocycles. The van der Waals surface area contributed by atoms with E-state index in [-0.39, 0.29) is 0 Å². The highest BCUT2D eigenvalue weighted by Crippen LogP contribution is 2.18. The van der Waals surface area contributed by atoms with Crippen LogP contribution in [0.15, 0.2) is 10.8 Å². The zero-order valence-electron chi connectivity index (χ0n) is 13.2. The molecule has 0 bridgehead atoms. The molecule has 0 aliphatic carbocycles. The minimum absolute atomic E-state index is 0.304. The van der Waals surface area contributed by atoms with E-state index in [4.69, 9.17) is 9.47 Å². The van der Waals surface area contributed by atoms with Crippen LogP contribution < -0.4 is 0 Å². The second kappa shape index (κ2) is 8.82. The van der Waals surface area contributed by atoms with Crippen molar-refractivity contribution in [2.24, 2.45) is 11.8 Å². The van der Waals surface area contributed by atoms with Crippen molar-refractivity contribution < 1.29 is 19.1 Å². The van der Waals surface area contributed by atoms with Crippen LogP contribution in [-0.2, 0) is 9.47 Å². The summed E-state index contributed by atoms with van der Waals surface area (Å²) in [5.74, 6) is 0.0434. The Hall–Kier alpha value is -1.36. The fourth-order valence-electron chi connectivity index (χ4n) is 1.54. The number of ether oxygens (including phenoxy) is 2. The molecule has 4 nitrogen and oxygen atoms in total. The summed E-state index contributed by atoms with van der Waals surface area (Å²) < 4.78 is 10.4. The van der Waals surface area contributed by atoms with Crippen molar-refractivity contribution in [1.29, 1.82) is 0 Å². The summed E-state index contributed by atoms with van der Waals surface area (Å²) >= 11 is 1.30. The fraction of sp³-hybridized carbons (Fsp3) is 0.625. The molecule has 118 valence electrons. The Morgan fingerprint density at radius 3 is 1.62 bits per heavy atom. The van der Waals surface area contributed by atoms with Crippen molar-refractivity contribution in [3.63, 3.8) is 0 Å². The van der Waals surface area contributed by atoms with E-state index >= 15 is 0 Å². The Labute approximate surface area is 130 Å². The van der Waals surface area contributed by atoms with Gasteiger partial charge >= 0.3 is 11.9 Å². The van der Waals surface area contributed by atoms with Gasteiger partial charge in [0.2, 0.25) is 0 Å². The van der Waals surface area contributed by atoms with Gasteiger partial charge in [-0.05, 0) is 24.7 Å². The summed E-state index contributed by atoms with van der Waals surface area (Å²) in [6.07, 6.45) is 1.62. The normalized spacial score (nSPS) is 11.0. The van der Waals surface area contributed by atoms with E-state index in [9.17, 15) is 9.59 Å². The predicted molar refractivity (Wildman–Crippen MR) is 83.8 cm³/mol. The van der Waals surface area contributed by atoms with Crippen molar-refractivity contribution in [2.45, 2.75) is 40.5 Å². The van der Waals surface area contributed by atoms with E-state index in [1.54, 1.807) is 10.8 Å². The molecular formula is C16H24O4S. The molecule has 0 aliphatic rings. The first-order chi connectivity index (χ1) is 9.91.